The molecule has 0 radical (unpaired) electrons. The Hall–Kier alpha value is -0.750. The predicted octanol–water partition coefficient (Wildman–Crippen LogP) is 0.141. The highest BCUT2D eigenvalue weighted by molar-refractivity contribution is 5.90. The molecule has 2 rings (SSSR count). The number of fused-ring (bicyclic) bond motifs is 1. The van der Waals surface area contributed by atoms with Gasteiger partial charge in [0.15, 0.2) is 5.60 Å². The second kappa shape index (κ2) is 2.87. The molecule has 0 saturated heterocycles. The fraction of sp³-hybridized carbons (Fsp3) is 0.875. The zero-order chi connectivity index (χ0) is 10.4. The van der Waals surface area contributed by atoms with Gasteiger partial charge in [0, 0.05) is 6.42 Å². The van der Waals surface area contributed by atoms with Gasteiger partial charge in [-0.05, 0) is 0 Å². The van der Waals surface area contributed by atoms with Crippen molar-refractivity contribution in [3.8, 4) is 0 Å². The van der Waals surface area contributed by atoms with E-state index in [1.54, 1.807) is 0 Å². The van der Waals surface area contributed by atoms with Gasteiger partial charge in [0.05, 0.1) is 31.3 Å². The monoisotopic (exact) mass is 207 g/mol. The van der Waals surface area contributed by atoms with Crippen molar-refractivity contribution in [2.75, 3.05) is 13.2 Å². The quantitative estimate of drug-likeness (QED) is 0.677. The summed E-state index contributed by atoms with van der Waals surface area (Å²) in [6.45, 7) is -0.900. The van der Waals surface area contributed by atoms with Crippen LogP contribution in [0.2, 0.25) is 0 Å². The number of halogens is 2. The molecule has 0 bridgehead atoms. The molecule has 1 fully saturated rings. The zero-order valence-corrected chi connectivity index (χ0v) is 7.41. The third-order valence-electron chi connectivity index (χ3n) is 2.87. The summed E-state index contributed by atoms with van der Waals surface area (Å²) in [5.74, 6) is -3.50. The van der Waals surface area contributed by atoms with E-state index in [-0.39, 0.29) is 5.71 Å². The number of hydrogen-bond acceptors (Lipinski definition) is 4. The molecule has 1 aliphatic carbocycles. The van der Waals surface area contributed by atoms with Gasteiger partial charge in [0.25, 0.3) is 5.92 Å². The molecule has 1 heterocycles. The molecule has 0 aromatic rings. The summed E-state index contributed by atoms with van der Waals surface area (Å²) in [4.78, 5) is 4.85. The second-order valence-electron chi connectivity index (χ2n) is 3.84. The van der Waals surface area contributed by atoms with E-state index in [4.69, 9.17) is 15.1 Å². The minimum absolute atomic E-state index is 0.205. The third-order valence-corrected chi connectivity index (χ3v) is 2.87. The summed E-state index contributed by atoms with van der Waals surface area (Å²) in [5, 5.41) is 21.4. The van der Waals surface area contributed by atoms with Gasteiger partial charge in [-0.25, -0.2) is 8.78 Å². The first-order valence-electron chi connectivity index (χ1n) is 4.37. The molecule has 6 heteroatoms. The summed E-state index contributed by atoms with van der Waals surface area (Å²) < 4.78 is 26.2. The maximum Gasteiger partial charge on any atom is 0.253 e. The topological polar surface area (TPSA) is 62.1 Å². The van der Waals surface area contributed by atoms with E-state index in [1.807, 2.05) is 0 Å². The average Bonchev–Trinajstić information content (AvgIpc) is 2.56. The molecule has 14 heavy (non-hydrogen) atoms. The van der Waals surface area contributed by atoms with Gasteiger partial charge in [-0.15, -0.1) is 0 Å². The predicted molar refractivity (Wildman–Crippen MR) is 43.1 cm³/mol. The van der Waals surface area contributed by atoms with Crippen molar-refractivity contribution >= 4 is 5.71 Å². The Bertz CT molecular complexity index is 282. The Morgan fingerprint density at radius 1 is 1.50 bits per heavy atom. The number of oxime groups is 1. The van der Waals surface area contributed by atoms with E-state index in [9.17, 15) is 8.78 Å². The van der Waals surface area contributed by atoms with Crippen molar-refractivity contribution in [2.24, 2.45) is 11.1 Å². The smallest absolute Gasteiger partial charge is 0.253 e. The van der Waals surface area contributed by atoms with Gasteiger partial charge in [-0.1, -0.05) is 5.16 Å². The molecule has 2 N–H and O–H groups in total. The number of aliphatic hydroxyl groups is 2. The SMILES string of the molecule is OCC1=NO[C@]2(CO)CC(F)(F)C[C@H]12. The summed E-state index contributed by atoms with van der Waals surface area (Å²) in [6.07, 6.45) is -0.943. The van der Waals surface area contributed by atoms with Crippen molar-refractivity contribution in [1.29, 1.82) is 0 Å². The first-order chi connectivity index (χ1) is 6.53. The molecule has 4 nitrogen and oxygen atoms in total. The van der Waals surface area contributed by atoms with Gasteiger partial charge < -0.3 is 15.1 Å². The summed E-state index contributed by atoms with van der Waals surface area (Å²) in [5.41, 5.74) is -1.10. The fourth-order valence-corrected chi connectivity index (χ4v) is 2.18. The van der Waals surface area contributed by atoms with E-state index in [1.165, 1.54) is 0 Å². The Morgan fingerprint density at radius 2 is 2.21 bits per heavy atom. The number of rotatable bonds is 2. The van der Waals surface area contributed by atoms with Crippen LogP contribution in [-0.4, -0.2) is 40.7 Å². The molecule has 0 aromatic carbocycles. The Kier molecular flexibility index (Phi) is 2.01. The van der Waals surface area contributed by atoms with E-state index in [2.05, 4.69) is 5.16 Å². The number of hydrogen-bond donors (Lipinski definition) is 2. The Balaban J connectivity index is 2.26. The van der Waals surface area contributed by atoms with E-state index >= 15 is 0 Å². The molecule has 0 amide bonds. The van der Waals surface area contributed by atoms with Crippen molar-refractivity contribution in [3.63, 3.8) is 0 Å². The highest BCUT2D eigenvalue weighted by atomic mass is 19.3. The largest absolute Gasteiger partial charge is 0.392 e. The standard InChI is InChI=1S/C8H11F2NO3/c9-8(10)1-5-6(2-12)11-14-7(5,3-8)4-13/h5,12-13H,1-4H2/t5-,7+/m1/s1. The van der Waals surface area contributed by atoms with Crippen LogP contribution in [0.4, 0.5) is 8.78 Å². The third kappa shape index (κ3) is 1.21. The number of aliphatic hydroxyl groups excluding tert-OH is 2. The number of nitrogens with zero attached hydrogens (tertiary/aromatic N) is 1. The molecule has 1 aliphatic heterocycles. The fourth-order valence-electron chi connectivity index (χ4n) is 2.18. The minimum Gasteiger partial charge on any atom is -0.392 e. The van der Waals surface area contributed by atoms with Gasteiger partial charge >= 0.3 is 0 Å². The zero-order valence-electron chi connectivity index (χ0n) is 7.41. The van der Waals surface area contributed by atoms with Crippen LogP contribution >= 0.6 is 0 Å². The molecule has 1 saturated carbocycles. The van der Waals surface area contributed by atoms with Gasteiger partial charge in [-0.2, -0.15) is 0 Å². The van der Waals surface area contributed by atoms with Crippen LogP contribution in [0.1, 0.15) is 12.8 Å². The summed E-state index contributed by atoms with van der Waals surface area (Å²) >= 11 is 0. The van der Waals surface area contributed by atoms with Crippen LogP contribution in [0.3, 0.4) is 0 Å². The van der Waals surface area contributed by atoms with Crippen LogP contribution in [0, 0.1) is 5.92 Å². The van der Waals surface area contributed by atoms with Gasteiger partial charge in [-0.3, -0.25) is 0 Å². The lowest BCUT2D eigenvalue weighted by Gasteiger charge is -2.23. The first kappa shape index (κ1) is 9.79. The molecule has 2 aliphatic rings. The van der Waals surface area contributed by atoms with Crippen LogP contribution in [0.5, 0.6) is 0 Å². The lowest BCUT2D eigenvalue weighted by molar-refractivity contribution is -0.0937. The van der Waals surface area contributed by atoms with Crippen LogP contribution in [0.25, 0.3) is 0 Å². The van der Waals surface area contributed by atoms with Crippen LogP contribution < -0.4 is 0 Å². The van der Waals surface area contributed by atoms with Crippen LogP contribution in [-0.2, 0) is 4.84 Å². The molecule has 0 aromatic heterocycles. The highest BCUT2D eigenvalue weighted by Crippen LogP contribution is 2.50. The summed E-state index contributed by atoms with van der Waals surface area (Å²) in [6, 6.07) is 0. The molecule has 0 unspecified atom stereocenters. The number of alkyl halides is 2. The molecule has 0 spiro atoms. The molecular formula is C8H11F2NO3. The lowest BCUT2D eigenvalue weighted by atomic mass is 9.89. The maximum absolute atomic E-state index is 13.1. The van der Waals surface area contributed by atoms with E-state index < -0.39 is 43.5 Å². The van der Waals surface area contributed by atoms with Gasteiger partial charge in [0.1, 0.15) is 0 Å². The van der Waals surface area contributed by atoms with Crippen molar-refractivity contribution in [1.82, 2.24) is 0 Å². The highest BCUT2D eigenvalue weighted by Gasteiger charge is 2.62. The first-order valence-corrected chi connectivity index (χ1v) is 4.37. The van der Waals surface area contributed by atoms with E-state index in [0.717, 1.165) is 0 Å². The summed E-state index contributed by atoms with van der Waals surface area (Å²) in [7, 11) is 0. The van der Waals surface area contributed by atoms with Crippen molar-refractivity contribution in [2.45, 2.75) is 24.4 Å². The maximum atomic E-state index is 13.1. The normalized spacial score (nSPS) is 39.1. The van der Waals surface area contributed by atoms with E-state index in [0.29, 0.717) is 0 Å². The second-order valence-corrected chi connectivity index (χ2v) is 3.84. The van der Waals surface area contributed by atoms with Crippen molar-refractivity contribution < 1.29 is 23.8 Å². The minimum atomic E-state index is -2.84. The van der Waals surface area contributed by atoms with Crippen LogP contribution in [0.15, 0.2) is 5.16 Å². The lowest BCUT2D eigenvalue weighted by Crippen LogP contribution is -2.39. The average molecular weight is 207 g/mol. The Labute approximate surface area is 79.2 Å². The molecule has 2 atom stereocenters. The molecule has 80 valence electrons. The van der Waals surface area contributed by atoms with Crippen molar-refractivity contribution in [3.05, 3.63) is 0 Å². The molecular weight excluding hydrogens is 196 g/mol. The Morgan fingerprint density at radius 3 is 2.79 bits per heavy atom. The van der Waals surface area contributed by atoms with Gasteiger partial charge in [0.2, 0.25) is 0 Å².